The van der Waals surface area contributed by atoms with Crippen LogP contribution in [-0.2, 0) is 26.0 Å². The third-order valence-corrected chi connectivity index (χ3v) is 5.43. The predicted molar refractivity (Wildman–Crippen MR) is 111 cm³/mol. The number of carbonyl (C=O) groups is 1. The number of hydrogen-bond acceptors (Lipinski definition) is 3. The first-order valence-electron chi connectivity index (χ1n) is 8.69. The molecule has 2 aromatic carbocycles. The lowest BCUT2D eigenvalue weighted by Crippen LogP contribution is -2.20. The van der Waals surface area contributed by atoms with Gasteiger partial charge in [-0.1, -0.05) is 57.2 Å². The first kappa shape index (κ1) is 20.9. The van der Waals surface area contributed by atoms with Crippen molar-refractivity contribution in [2.75, 3.05) is 12.4 Å². The van der Waals surface area contributed by atoms with E-state index in [1.807, 2.05) is 12.1 Å². The molecular weight excluding hydrogens is 360 g/mol. The number of sulfonamides is 1. The first-order chi connectivity index (χ1) is 12.6. The Balaban J connectivity index is 1.96. The Bertz CT molecular complexity index is 907. The van der Waals surface area contributed by atoms with E-state index in [2.05, 4.69) is 42.9 Å². The Morgan fingerprint density at radius 3 is 2.11 bits per heavy atom. The largest absolute Gasteiger partial charge is 0.323 e. The third-order valence-electron chi connectivity index (χ3n) is 4.09. The molecule has 0 saturated carbocycles. The summed E-state index contributed by atoms with van der Waals surface area (Å²) in [6, 6.07) is 14.8. The minimum Gasteiger partial charge on any atom is -0.323 e. The molecule has 0 aromatic heterocycles. The minimum absolute atomic E-state index is 0.0950. The van der Waals surface area contributed by atoms with Crippen molar-refractivity contribution in [3.8, 4) is 0 Å². The molecule has 0 bridgehead atoms. The van der Waals surface area contributed by atoms with Crippen LogP contribution in [0.2, 0.25) is 0 Å². The van der Waals surface area contributed by atoms with Crippen LogP contribution >= 0.6 is 0 Å². The van der Waals surface area contributed by atoms with Crippen LogP contribution in [0, 0.1) is 0 Å². The number of rotatable bonds is 6. The molecule has 5 nitrogen and oxygen atoms in total. The van der Waals surface area contributed by atoms with Crippen LogP contribution in [0.5, 0.6) is 0 Å². The zero-order valence-electron chi connectivity index (χ0n) is 16.1. The van der Waals surface area contributed by atoms with Crippen molar-refractivity contribution in [1.82, 2.24) is 4.72 Å². The van der Waals surface area contributed by atoms with Gasteiger partial charge in [-0.3, -0.25) is 4.79 Å². The molecule has 0 aliphatic carbocycles. The van der Waals surface area contributed by atoms with Crippen molar-refractivity contribution in [1.29, 1.82) is 0 Å². The van der Waals surface area contributed by atoms with Gasteiger partial charge >= 0.3 is 0 Å². The fraction of sp³-hybridized carbons (Fsp3) is 0.286. The second-order valence-electron chi connectivity index (χ2n) is 7.35. The first-order valence-corrected chi connectivity index (χ1v) is 10.3. The molecular formula is C21H26N2O3S. The number of amides is 1. The second-order valence-corrected chi connectivity index (χ2v) is 9.28. The highest BCUT2D eigenvalue weighted by molar-refractivity contribution is 7.88. The molecule has 2 rings (SSSR count). The van der Waals surface area contributed by atoms with Gasteiger partial charge in [0.15, 0.2) is 0 Å². The highest BCUT2D eigenvalue weighted by atomic mass is 32.2. The number of hydrogen-bond donors (Lipinski definition) is 2. The molecule has 1 amide bonds. The Morgan fingerprint density at radius 1 is 1.00 bits per heavy atom. The highest BCUT2D eigenvalue weighted by Crippen LogP contribution is 2.22. The van der Waals surface area contributed by atoms with Crippen LogP contribution in [-0.4, -0.2) is 21.4 Å². The molecule has 0 saturated heterocycles. The maximum Gasteiger partial charge on any atom is 0.248 e. The molecule has 0 unspecified atom stereocenters. The lowest BCUT2D eigenvalue weighted by atomic mass is 9.87. The average Bonchev–Trinajstić information content (AvgIpc) is 2.61. The van der Waals surface area contributed by atoms with Gasteiger partial charge in [0, 0.05) is 11.8 Å². The Labute approximate surface area is 161 Å². The summed E-state index contributed by atoms with van der Waals surface area (Å²) in [6.45, 7) is 6.47. The van der Waals surface area contributed by atoms with Crippen LogP contribution in [0.4, 0.5) is 5.69 Å². The minimum atomic E-state index is -3.31. The lowest BCUT2D eigenvalue weighted by molar-refractivity contribution is -0.111. The van der Waals surface area contributed by atoms with Gasteiger partial charge in [-0.15, -0.1) is 0 Å². The molecule has 2 aromatic rings. The fourth-order valence-electron chi connectivity index (χ4n) is 2.43. The fourth-order valence-corrected chi connectivity index (χ4v) is 3.20. The number of benzene rings is 2. The molecule has 0 atom stereocenters. The van der Waals surface area contributed by atoms with Gasteiger partial charge in [0.25, 0.3) is 0 Å². The average molecular weight is 387 g/mol. The number of carbonyl (C=O) groups excluding carboxylic acids is 1. The molecule has 0 aliphatic heterocycles. The van der Waals surface area contributed by atoms with E-state index < -0.39 is 10.0 Å². The maximum absolute atomic E-state index is 12.1. The van der Waals surface area contributed by atoms with Gasteiger partial charge in [0.1, 0.15) is 0 Å². The zero-order valence-corrected chi connectivity index (χ0v) is 16.9. The SMILES string of the molecule is CNS(=O)(=O)Cc1ccc(NC(=O)/C=C/c2ccc(C(C)(C)C)cc2)cc1. The normalized spacial score (nSPS) is 12.3. The second kappa shape index (κ2) is 8.50. The van der Waals surface area contributed by atoms with Crippen LogP contribution in [0.1, 0.15) is 37.5 Å². The van der Waals surface area contributed by atoms with E-state index >= 15 is 0 Å². The Hall–Kier alpha value is -2.44. The molecule has 144 valence electrons. The van der Waals surface area contributed by atoms with E-state index in [0.29, 0.717) is 11.3 Å². The van der Waals surface area contributed by atoms with Crippen LogP contribution < -0.4 is 10.0 Å². The summed E-state index contributed by atoms with van der Waals surface area (Å²) in [7, 11) is -1.93. The number of nitrogens with one attached hydrogen (secondary N) is 2. The lowest BCUT2D eigenvalue weighted by Gasteiger charge is -2.18. The summed E-state index contributed by atoms with van der Waals surface area (Å²) in [6.07, 6.45) is 3.24. The summed E-state index contributed by atoms with van der Waals surface area (Å²) in [5, 5.41) is 2.76. The van der Waals surface area contributed by atoms with E-state index in [4.69, 9.17) is 0 Å². The van der Waals surface area contributed by atoms with Gasteiger partial charge in [0.2, 0.25) is 15.9 Å². The van der Waals surface area contributed by atoms with Gasteiger partial charge < -0.3 is 5.32 Å². The predicted octanol–water partition coefficient (Wildman–Crippen LogP) is 3.69. The van der Waals surface area contributed by atoms with E-state index in [-0.39, 0.29) is 17.1 Å². The molecule has 6 heteroatoms. The van der Waals surface area contributed by atoms with Crippen molar-refractivity contribution in [2.24, 2.45) is 0 Å². The van der Waals surface area contributed by atoms with Gasteiger partial charge in [-0.2, -0.15) is 0 Å². The monoisotopic (exact) mass is 386 g/mol. The van der Waals surface area contributed by atoms with E-state index in [0.717, 1.165) is 5.56 Å². The van der Waals surface area contributed by atoms with Crippen molar-refractivity contribution in [3.05, 3.63) is 71.3 Å². The van der Waals surface area contributed by atoms with Crippen molar-refractivity contribution in [2.45, 2.75) is 31.9 Å². The summed E-state index contributed by atoms with van der Waals surface area (Å²) in [5.74, 6) is -0.340. The van der Waals surface area contributed by atoms with E-state index in [1.165, 1.54) is 18.7 Å². The molecule has 0 spiro atoms. The van der Waals surface area contributed by atoms with Crippen molar-refractivity contribution < 1.29 is 13.2 Å². The smallest absolute Gasteiger partial charge is 0.248 e. The van der Waals surface area contributed by atoms with Crippen LogP contribution in [0.15, 0.2) is 54.6 Å². The van der Waals surface area contributed by atoms with Crippen molar-refractivity contribution >= 4 is 27.7 Å². The van der Waals surface area contributed by atoms with Crippen LogP contribution in [0.25, 0.3) is 6.08 Å². The Morgan fingerprint density at radius 2 is 1.59 bits per heavy atom. The Kier molecular flexibility index (Phi) is 6.57. The van der Waals surface area contributed by atoms with Gasteiger partial charge in [-0.05, 0) is 47.4 Å². The molecule has 0 fully saturated rings. The number of anilines is 1. The quantitative estimate of drug-likeness (QED) is 0.744. The van der Waals surface area contributed by atoms with Gasteiger partial charge in [0.05, 0.1) is 5.75 Å². The van der Waals surface area contributed by atoms with E-state index in [9.17, 15) is 13.2 Å². The maximum atomic E-state index is 12.1. The summed E-state index contributed by atoms with van der Waals surface area (Å²) in [5.41, 5.74) is 3.54. The van der Waals surface area contributed by atoms with E-state index in [1.54, 1.807) is 30.3 Å². The molecule has 0 aliphatic rings. The third kappa shape index (κ3) is 6.66. The summed E-state index contributed by atoms with van der Waals surface area (Å²) < 4.78 is 25.3. The standard InChI is InChI=1S/C21H26N2O3S/c1-21(2,3)18-10-5-16(6-11-18)9-14-20(24)23-19-12-7-17(8-13-19)15-27(25,26)22-4/h5-14,22H,15H2,1-4H3,(H,23,24)/b14-9+. The zero-order chi connectivity index (χ0) is 20.1. The van der Waals surface area contributed by atoms with Crippen LogP contribution in [0.3, 0.4) is 0 Å². The molecule has 0 heterocycles. The molecule has 0 radical (unpaired) electrons. The van der Waals surface area contributed by atoms with Gasteiger partial charge in [-0.25, -0.2) is 13.1 Å². The van der Waals surface area contributed by atoms with Crippen molar-refractivity contribution in [3.63, 3.8) is 0 Å². The summed E-state index contributed by atoms with van der Waals surface area (Å²) in [4.78, 5) is 12.1. The highest BCUT2D eigenvalue weighted by Gasteiger charge is 2.12. The molecule has 27 heavy (non-hydrogen) atoms. The molecule has 2 N–H and O–H groups in total. The topological polar surface area (TPSA) is 75.3 Å². The summed E-state index contributed by atoms with van der Waals surface area (Å²) >= 11 is 0.